The monoisotopic (exact) mass is 427 g/mol. The van der Waals surface area contributed by atoms with E-state index < -0.39 is 26.7 Å². The standard InChI is InChI=1S/C21H21N3O7/c1-20(2)17-15(29-4)6-7-16(30-5)18(17)22(3)21(20)9-8-12-10-13(23(25)26)11-14(24(27)28)19(12)31-21/h6-11H,1-5H3. The van der Waals surface area contributed by atoms with Gasteiger partial charge in [0, 0.05) is 24.2 Å². The summed E-state index contributed by atoms with van der Waals surface area (Å²) < 4.78 is 17.6. The Kier molecular flexibility index (Phi) is 4.35. The van der Waals surface area contributed by atoms with Crippen molar-refractivity contribution in [2.24, 2.45) is 0 Å². The van der Waals surface area contributed by atoms with Crippen LogP contribution >= 0.6 is 0 Å². The second-order valence-electron chi connectivity index (χ2n) is 7.91. The normalized spacial score (nSPS) is 20.1. The zero-order valence-corrected chi connectivity index (χ0v) is 17.7. The first-order chi connectivity index (χ1) is 14.6. The van der Waals surface area contributed by atoms with Crippen LogP contribution < -0.4 is 19.1 Å². The predicted octanol–water partition coefficient (Wildman–Crippen LogP) is 4.05. The molecule has 1 spiro atoms. The van der Waals surface area contributed by atoms with E-state index in [9.17, 15) is 20.2 Å². The molecular weight excluding hydrogens is 406 g/mol. The number of rotatable bonds is 4. The van der Waals surface area contributed by atoms with E-state index >= 15 is 0 Å². The van der Waals surface area contributed by atoms with Crippen LogP contribution in [-0.2, 0) is 5.41 Å². The largest absolute Gasteiger partial charge is 0.496 e. The summed E-state index contributed by atoms with van der Waals surface area (Å²) in [5, 5.41) is 23.0. The Bertz CT molecular complexity index is 1160. The molecular formula is C21H21N3O7. The third kappa shape index (κ3) is 2.57. The lowest BCUT2D eigenvalue weighted by molar-refractivity contribution is -0.395. The van der Waals surface area contributed by atoms with E-state index in [-0.39, 0.29) is 17.0 Å². The number of anilines is 1. The van der Waals surface area contributed by atoms with Crippen molar-refractivity contribution in [3.8, 4) is 17.2 Å². The van der Waals surface area contributed by atoms with Crippen LogP contribution in [0.2, 0.25) is 0 Å². The van der Waals surface area contributed by atoms with Gasteiger partial charge in [-0.1, -0.05) is 0 Å². The zero-order valence-electron chi connectivity index (χ0n) is 17.7. The number of nitro benzene ring substituents is 2. The number of methoxy groups -OCH3 is 2. The fourth-order valence-electron chi connectivity index (χ4n) is 4.59. The lowest BCUT2D eigenvalue weighted by atomic mass is 9.76. The van der Waals surface area contributed by atoms with Crippen LogP contribution in [0.4, 0.5) is 17.1 Å². The molecule has 2 aliphatic rings. The quantitative estimate of drug-likeness (QED) is 0.530. The molecule has 0 radical (unpaired) electrons. The van der Waals surface area contributed by atoms with Crippen LogP contribution in [0, 0.1) is 20.2 Å². The van der Waals surface area contributed by atoms with Gasteiger partial charge in [0.15, 0.2) is 0 Å². The number of likely N-dealkylation sites (N-methyl/N-ethyl adjacent to an activating group) is 1. The van der Waals surface area contributed by atoms with Crippen molar-refractivity contribution in [1.29, 1.82) is 0 Å². The minimum absolute atomic E-state index is 0.0243. The van der Waals surface area contributed by atoms with Crippen LogP contribution in [0.25, 0.3) is 6.08 Å². The molecule has 0 aromatic heterocycles. The number of nitrogens with zero attached hydrogens (tertiary/aromatic N) is 3. The Morgan fingerprint density at radius 1 is 1.03 bits per heavy atom. The molecule has 0 amide bonds. The summed E-state index contributed by atoms with van der Waals surface area (Å²) in [6.45, 7) is 3.90. The Hall–Kier alpha value is -3.82. The molecule has 10 heteroatoms. The third-order valence-corrected chi connectivity index (χ3v) is 6.13. The molecule has 0 N–H and O–H groups in total. The molecule has 0 aliphatic carbocycles. The summed E-state index contributed by atoms with van der Waals surface area (Å²) in [6.07, 6.45) is 3.39. The first-order valence-corrected chi connectivity index (χ1v) is 9.43. The molecule has 31 heavy (non-hydrogen) atoms. The molecule has 2 aliphatic heterocycles. The van der Waals surface area contributed by atoms with Crippen molar-refractivity contribution in [2.45, 2.75) is 25.0 Å². The number of hydrogen-bond donors (Lipinski definition) is 0. The minimum atomic E-state index is -1.16. The molecule has 0 fully saturated rings. The first-order valence-electron chi connectivity index (χ1n) is 9.43. The highest BCUT2D eigenvalue weighted by Gasteiger charge is 2.60. The molecule has 2 aromatic rings. The van der Waals surface area contributed by atoms with Gasteiger partial charge in [-0.2, -0.15) is 0 Å². The van der Waals surface area contributed by atoms with Crippen molar-refractivity contribution in [3.05, 3.63) is 61.7 Å². The number of nitro groups is 2. The third-order valence-electron chi connectivity index (χ3n) is 6.13. The van der Waals surface area contributed by atoms with Crippen molar-refractivity contribution in [2.75, 3.05) is 26.2 Å². The predicted molar refractivity (Wildman–Crippen MR) is 113 cm³/mol. The molecule has 0 bridgehead atoms. The Balaban J connectivity index is 1.97. The van der Waals surface area contributed by atoms with Crippen LogP contribution in [0.3, 0.4) is 0 Å². The van der Waals surface area contributed by atoms with Gasteiger partial charge < -0.3 is 19.1 Å². The Morgan fingerprint density at radius 3 is 2.26 bits per heavy atom. The van der Waals surface area contributed by atoms with Crippen LogP contribution in [0.15, 0.2) is 30.3 Å². The second kappa shape index (κ2) is 6.59. The summed E-state index contributed by atoms with van der Waals surface area (Å²) >= 11 is 0. The average molecular weight is 427 g/mol. The van der Waals surface area contributed by atoms with Crippen LogP contribution in [0.5, 0.6) is 17.2 Å². The first kappa shape index (κ1) is 20.5. The number of hydrogen-bond acceptors (Lipinski definition) is 8. The molecule has 2 heterocycles. The average Bonchev–Trinajstić information content (AvgIpc) is 2.91. The van der Waals surface area contributed by atoms with Crippen LogP contribution in [0.1, 0.15) is 25.0 Å². The SMILES string of the molecule is COc1ccc(OC)c2c1N(C)C1(C=Cc3cc([N+](=O)[O-])cc([N+](=O)[O-])c3O1)C2(C)C. The van der Waals surface area contributed by atoms with E-state index in [2.05, 4.69) is 0 Å². The highest BCUT2D eigenvalue weighted by molar-refractivity contribution is 5.80. The highest BCUT2D eigenvalue weighted by atomic mass is 16.6. The van der Waals surface area contributed by atoms with Gasteiger partial charge in [-0.05, 0) is 38.1 Å². The van der Waals surface area contributed by atoms with Gasteiger partial charge >= 0.3 is 5.69 Å². The van der Waals surface area contributed by atoms with Crippen molar-refractivity contribution in [1.82, 2.24) is 0 Å². The molecule has 1 unspecified atom stereocenters. The maximum Gasteiger partial charge on any atom is 0.318 e. The molecule has 4 rings (SSSR count). The lowest BCUT2D eigenvalue weighted by Crippen LogP contribution is -2.58. The molecule has 0 saturated heterocycles. The smallest absolute Gasteiger partial charge is 0.318 e. The molecule has 2 aromatic carbocycles. The van der Waals surface area contributed by atoms with E-state index in [0.717, 1.165) is 17.3 Å². The van der Waals surface area contributed by atoms with Crippen LogP contribution in [-0.4, -0.2) is 36.8 Å². The Morgan fingerprint density at radius 2 is 1.68 bits per heavy atom. The van der Waals surface area contributed by atoms with E-state index in [0.29, 0.717) is 11.5 Å². The zero-order chi connectivity index (χ0) is 22.7. The molecule has 10 nitrogen and oxygen atoms in total. The molecule has 162 valence electrons. The highest BCUT2D eigenvalue weighted by Crippen LogP contribution is 2.60. The van der Waals surface area contributed by atoms with Gasteiger partial charge in [0.2, 0.25) is 11.5 Å². The van der Waals surface area contributed by atoms with E-state index in [1.165, 1.54) is 6.07 Å². The minimum Gasteiger partial charge on any atom is -0.496 e. The fraction of sp³-hybridized carbons (Fsp3) is 0.333. The lowest BCUT2D eigenvalue weighted by Gasteiger charge is -2.45. The van der Waals surface area contributed by atoms with E-state index in [4.69, 9.17) is 14.2 Å². The number of non-ortho nitro benzene ring substituents is 1. The van der Waals surface area contributed by atoms with Gasteiger partial charge in [0.1, 0.15) is 11.5 Å². The number of benzene rings is 2. The van der Waals surface area contributed by atoms with Gasteiger partial charge in [-0.3, -0.25) is 20.2 Å². The topological polar surface area (TPSA) is 117 Å². The Labute approximate surface area is 177 Å². The maximum atomic E-state index is 11.7. The van der Waals surface area contributed by atoms with Gasteiger partial charge in [0.05, 0.1) is 41.2 Å². The van der Waals surface area contributed by atoms with E-state index in [1.807, 2.05) is 25.8 Å². The maximum absolute atomic E-state index is 11.7. The van der Waals surface area contributed by atoms with E-state index in [1.54, 1.807) is 38.5 Å². The summed E-state index contributed by atoms with van der Waals surface area (Å²) in [5.74, 6) is 1.21. The van der Waals surface area contributed by atoms with Crippen molar-refractivity contribution in [3.63, 3.8) is 0 Å². The summed E-state index contributed by atoms with van der Waals surface area (Å²) in [6, 6.07) is 5.78. The number of ether oxygens (including phenoxy) is 3. The van der Waals surface area contributed by atoms with Gasteiger partial charge in [-0.15, -0.1) is 0 Å². The van der Waals surface area contributed by atoms with Crippen molar-refractivity contribution >= 4 is 23.1 Å². The fourth-order valence-corrected chi connectivity index (χ4v) is 4.59. The second-order valence-corrected chi connectivity index (χ2v) is 7.91. The van der Waals surface area contributed by atoms with Gasteiger partial charge in [-0.25, -0.2) is 0 Å². The summed E-state index contributed by atoms with van der Waals surface area (Å²) in [5.41, 5.74) is -0.900. The summed E-state index contributed by atoms with van der Waals surface area (Å²) in [7, 11) is 4.94. The molecule has 0 saturated carbocycles. The van der Waals surface area contributed by atoms with Crippen molar-refractivity contribution < 1.29 is 24.1 Å². The summed E-state index contributed by atoms with van der Waals surface area (Å²) in [4.78, 5) is 23.5. The van der Waals surface area contributed by atoms with Gasteiger partial charge in [0.25, 0.3) is 5.69 Å². The number of fused-ring (bicyclic) bond motifs is 2. The molecule has 1 atom stereocenters.